The number of ether oxygens (including phenoxy) is 1. The highest BCUT2D eigenvalue weighted by atomic mass is 35.5. The Morgan fingerprint density at radius 1 is 1.10 bits per heavy atom. The molecule has 0 unspecified atom stereocenters. The standard InChI is InChI=1S/C15H8ClN3O/c16-14-11(9-17)5-7-19-15(14)20-12-4-3-10-2-1-6-18-13(10)8-12/h1-8H. The van der Waals surface area contributed by atoms with Crippen molar-refractivity contribution in [2.24, 2.45) is 0 Å². The van der Waals surface area contributed by atoms with Gasteiger partial charge in [-0.3, -0.25) is 4.98 Å². The van der Waals surface area contributed by atoms with Gasteiger partial charge in [0.15, 0.2) is 0 Å². The largest absolute Gasteiger partial charge is 0.437 e. The first-order valence-electron chi connectivity index (χ1n) is 5.85. The van der Waals surface area contributed by atoms with Gasteiger partial charge in [-0.25, -0.2) is 4.98 Å². The van der Waals surface area contributed by atoms with Gasteiger partial charge < -0.3 is 4.74 Å². The van der Waals surface area contributed by atoms with Crippen molar-refractivity contribution in [3.8, 4) is 17.7 Å². The highest BCUT2D eigenvalue weighted by molar-refractivity contribution is 6.33. The molecule has 4 nitrogen and oxygen atoms in total. The van der Waals surface area contributed by atoms with Crippen molar-refractivity contribution in [3.63, 3.8) is 0 Å². The molecule has 1 aromatic carbocycles. The lowest BCUT2D eigenvalue weighted by Crippen LogP contribution is -1.91. The summed E-state index contributed by atoms with van der Waals surface area (Å²) in [4.78, 5) is 8.29. The molecular formula is C15H8ClN3O. The van der Waals surface area contributed by atoms with E-state index in [9.17, 15) is 0 Å². The Bertz CT molecular complexity index is 827. The van der Waals surface area contributed by atoms with E-state index in [-0.39, 0.29) is 10.9 Å². The third-order valence-corrected chi connectivity index (χ3v) is 3.13. The van der Waals surface area contributed by atoms with Crippen LogP contribution in [0.15, 0.2) is 48.8 Å². The van der Waals surface area contributed by atoms with Crippen molar-refractivity contribution in [1.82, 2.24) is 9.97 Å². The van der Waals surface area contributed by atoms with Gasteiger partial charge >= 0.3 is 0 Å². The minimum absolute atomic E-state index is 0.205. The van der Waals surface area contributed by atoms with Gasteiger partial charge in [0, 0.05) is 23.8 Å². The number of halogens is 1. The fourth-order valence-electron chi connectivity index (χ4n) is 1.80. The summed E-state index contributed by atoms with van der Waals surface area (Å²) in [7, 11) is 0. The number of hydrogen-bond acceptors (Lipinski definition) is 4. The maximum Gasteiger partial charge on any atom is 0.239 e. The number of hydrogen-bond donors (Lipinski definition) is 0. The van der Waals surface area contributed by atoms with E-state index in [1.807, 2.05) is 24.3 Å². The normalized spacial score (nSPS) is 10.2. The molecule has 0 radical (unpaired) electrons. The van der Waals surface area contributed by atoms with E-state index in [1.54, 1.807) is 18.3 Å². The summed E-state index contributed by atoms with van der Waals surface area (Å²) in [6.45, 7) is 0. The molecule has 3 aromatic rings. The minimum atomic E-state index is 0.205. The van der Waals surface area contributed by atoms with Gasteiger partial charge in [-0.2, -0.15) is 5.26 Å². The van der Waals surface area contributed by atoms with Crippen LogP contribution in [0.3, 0.4) is 0 Å². The lowest BCUT2D eigenvalue weighted by atomic mass is 10.2. The Morgan fingerprint density at radius 3 is 2.85 bits per heavy atom. The molecule has 0 N–H and O–H groups in total. The van der Waals surface area contributed by atoms with Crippen molar-refractivity contribution >= 4 is 22.5 Å². The van der Waals surface area contributed by atoms with Crippen LogP contribution < -0.4 is 4.74 Å². The Balaban J connectivity index is 1.99. The first kappa shape index (κ1) is 12.4. The molecule has 2 heterocycles. The zero-order valence-electron chi connectivity index (χ0n) is 10.2. The highest BCUT2D eigenvalue weighted by Gasteiger charge is 2.09. The Labute approximate surface area is 120 Å². The fourth-order valence-corrected chi connectivity index (χ4v) is 2.00. The van der Waals surface area contributed by atoms with Crippen LogP contribution in [0.4, 0.5) is 0 Å². The molecule has 5 heteroatoms. The molecule has 0 fully saturated rings. The zero-order valence-corrected chi connectivity index (χ0v) is 11.0. The minimum Gasteiger partial charge on any atom is -0.437 e. The zero-order chi connectivity index (χ0) is 13.9. The van der Waals surface area contributed by atoms with Crippen LogP contribution in [0, 0.1) is 11.3 Å². The second-order valence-corrected chi connectivity index (χ2v) is 4.43. The van der Waals surface area contributed by atoms with Crippen LogP contribution >= 0.6 is 11.6 Å². The molecule has 0 spiro atoms. The molecule has 0 saturated carbocycles. The van der Waals surface area contributed by atoms with Gasteiger partial charge in [0.2, 0.25) is 5.88 Å². The van der Waals surface area contributed by atoms with Crippen molar-refractivity contribution in [2.45, 2.75) is 0 Å². The van der Waals surface area contributed by atoms with Crippen LogP contribution in [-0.2, 0) is 0 Å². The average molecular weight is 282 g/mol. The van der Waals surface area contributed by atoms with E-state index < -0.39 is 0 Å². The van der Waals surface area contributed by atoms with E-state index >= 15 is 0 Å². The quantitative estimate of drug-likeness (QED) is 0.714. The van der Waals surface area contributed by atoms with E-state index in [0.29, 0.717) is 11.3 Å². The number of nitrogens with zero attached hydrogens (tertiary/aromatic N) is 3. The number of rotatable bonds is 2. The second kappa shape index (κ2) is 5.16. The number of nitriles is 1. The summed E-state index contributed by atoms with van der Waals surface area (Å²) in [6, 6.07) is 12.9. The van der Waals surface area contributed by atoms with Crippen LogP contribution in [0.25, 0.3) is 10.9 Å². The number of fused-ring (bicyclic) bond motifs is 1. The average Bonchev–Trinajstić information content (AvgIpc) is 2.49. The second-order valence-electron chi connectivity index (χ2n) is 4.05. The summed E-state index contributed by atoms with van der Waals surface area (Å²) in [6.07, 6.45) is 3.20. The highest BCUT2D eigenvalue weighted by Crippen LogP contribution is 2.30. The summed E-state index contributed by atoms with van der Waals surface area (Å²) >= 11 is 6.05. The third kappa shape index (κ3) is 2.27. The van der Waals surface area contributed by atoms with Gasteiger partial charge in [-0.15, -0.1) is 0 Å². The van der Waals surface area contributed by atoms with Crippen LogP contribution in [-0.4, -0.2) is 9.97 Å². The Morgan fingerprint density at radius 2 is 2.00 bits per heavy atom. The maximum absolute atomic E-state index is 8.92. The van der Waals surface area contributed by atoms with Crippen molar-refractivity contribution in [3.05, 3.63) is 59.4 Å². The molecule has 0 atom stereocenters. The van der Waals surface area contributed by atoms with Crippen LogP contribution in [0.5, 0.6) is 11.6 Å². The molecule has 3 rings (SSSR count). The van der Waals surface area contributed by atoms with Gasteiger partial charge in [-0.1, -0.05) is 17.7 Å². The topological polar surface area (TPSA) is 58.8 Å². The molecule has 2 aromatic heterocycles. The van der Waals surface area contributed by atoms with Crippen molar-refractivity contribution in [1.29, 1.82) is 5.26 Å². The number of pyridine rings is 2. The monoisotopic (exact) mass is 281 g/mol. The number of aromatic nitrogens is 2. The number of benzene rings is 1. The molecule has 0 bridgehead atoms. The maximum atomic E-state index is 8.92. The SMILES string of the molecule is N#Cc1ccnc(Oc2ccc3cccnc3c2)c1Cl. The van der Waals surface area contributed by atoms with Gasteiger partial charge in [0.05, 0.1) is 11.1 Å². The molecular weight excluding hydrogens is 274 g/mol. The predicted octanol–water partition coefficient (Wildman–Crippen LogP) is 3.95. The molecule has 96 valence electrons. The Kier molecular flexibility index (Phi) is 3.20. The van der Waals surface area contributed by atoms with Crippen molar-refractivity contribution < 1.29 is 4.74 Å². The third-order valence-electron chi connectivity index (χ3n) is 2.77. The van der Waals surface area contributed by atoms with E-state index in [2.05, 4.69) is 9.97 Å². The molecule has 0 amide bonds. The molecule has 0 aliphatic carbocycles. The van der Waals surface area contributed by atoms with E-state index in [0.717, 1.165) is 10.9 Å². The predicted molar refractivity (Wildman–Crippen MR) is 75.8 cm³/mol. The Hall–Kier alpha value is -2.64. The van der Waals surface area contributed by atoms with Crippen molar-refractivity contribution in [2.75, 3.05) is 0 Å². The molecule has 0 aliphatic heterocycles. The van der Waals surface area contributed by atoms with Crippen LogP contribution in [0.1, 0.15) is 5.56 Å². The molecule has 0 saturated heterocycles. The molecule has 0 aliphatic rings. The lowest BCUT2D eigenvalue weighted by Gasteiger charge is -2.07. The molecule has 20 heavy (non-hydrogen) atoms. The van der Waals surface area contributed by atoms with E-state index in [1.165, 1.54) is 12.3 Å². The summed E-state index contributed by atoms with van der Waals surface area (Å²) < 4.78 is 5.63. The van der Waals surface area contributed by atoms with E-state index in [4.69, 9.17) is 21.6 Å². The lowest BCUT2D eigenvalue weighted by molar-refractivity contribution is 0.463. The van der Waals surface area contributed by atoms with Gasteiger partial charge in [0.25, 0.3) is 0 Å². The van der Waals surface area contributed by atoms with Gasteiger partial charge in [-0.05, 0) is 24.3 Å². The van der Waals surface area contributed by atoms with Crippen LogP contribution in [0.2, 0.25) is 5.02 Å². The summed E-state index contributed by atoms with van der Waals surface area (Å²) in [5.74, 6) is 0.779. The fraction of sp³-hybridized carbons (Fsp3) is 0. The first-order valence-corrected chi connectivity index (χ1v) is 6.23. The van der Waals surface area contributed by atoms with Gasteiger partial charge in [0.1, 0.15) is 16.8 Å². The first-order chi connectivity index (χ1) is 9.78. The summed E-state index contributed by atoms with van der Waals surface area (Å²) in [5, 5.41) is 10.1. The smallest absolute Gasteiger partial charge is 0.239 e. The summed E-state index contributed by atoms with van der Waals surface area (Å²) in [5.41, 5.74) is 1.15.